The molecule has 0 radical (unpaired) electrons. The molecule has 0 bridgehead atoms. The SMILES string of the molecule is CCCCN1C(=O)CC(C(=O)NCC(=O)Nc2cc(C)ccc2OC)C1c1ccc(OC)cc1. The lowest BCUT2D eigenvalue weighted by atomic mass is 9.92. The third-order valence-electron chi connectivity index (χ3n) is 6.03. The summed E-state index contributed by atoms with van der Waals surface area (Å²) in [6.07, 6.45) is 1.91. The summed E-state index contributed by atoms with van der Waals surface area (Å²) >= 11 is 0. The highest BCUT2D eigenvalue weighted by Crippen LogP contribution is 2.39. The van der Waals surface area contributed by atoms with Crippen LogP contribution in [0.25, 0.3) is 0 Å². The minimum atomic E-state index is -0.584. The van der Waals surface area contributed by atoms with Crippen molar-refractivity contribution >= 4 is 23.4 Å². The minimum Gasteiger partial charge on any atom is -0.497 e. The van der Waals surface area contributed by atoms with Crippen molar-refractivity contribution in [2.45, 2.75) is 39.2 Å². The zero-order valence-electron chi connectivity index (χ0n) is 20.2. The smallest absolute Gasteiger partial charge is 0.243 e. The van der Waals surface area contributed by atoms with Gasteiger partial charge in [0.2, 0.25) is 17.7 Å². The fourth-order valence-electron chi connectivity index (χ4n) is 4.24. The number of carbonyl (C=O) groups is 3. The summed E-state index contributed by atoms with van der Waals surface area (Å²) in [5.41, 5.74) is 2.38. The molecule has 2 aromatic rings. The first-order valence-corrected chi connectivity index (χ1v) is 11.5. The van der Waals surface area contributed by atoms with Gasteiger partial charge in [0.25, 0.3) is 0 Å². The van der Waals surface area contributed by atoms with Crippen molar-refractivity contribution in [2.24, 2.45) is 5.92 Å². The number of likely N-dealkylation sites (tertiary alicyclic amines) is 1. The molecule has 1 aliphatic rings. The topological polar surface area (TPSA) is 97.0 Å². The van der Waals surface area contributed by atoms with E-state index in [0.717, 1.165) is 24.0 Å². The maximum Gasteiger partial charge on any atom is 0.243 e. The third kappa shape index (κ3) is 5.87. The first kappa shape index (κ1) is 25.1. The van der Waals surface area contributed by atoms with Gasteiger partial charge in [0, 0.05) is 13.0 Å². The Balaban J connectivity index is 1.71. The fourth-order valence-corrected chi connectivity index (χ4v) is 4.24. The van der Waals surface area contributed by atoms with Gasteiger partial charge in [-0.25, -0.2) is 0 Å². The number of carbonyl (C=O) groups excluding carboxylic acids is 3. The maximum atomic E-state index is 13.1. The fraction of sp³-hybridized carbons (Fsp3) is 0.423. The zero-order valence-corrected chi connectivity index (χ0v) is 20.2. The van der Waals surface area contributed by atoms with E-state index in [2.05, 4.69) is 17.6 Å². The second-order valence-electron chi connectivity index (χ2n) is 8.44. The number of rotatable bonds is 10. The van der Waals surface area contributed by atoms with Crippen molar-refractivity contribution in [1.29, 1.82) is 0 Å². The van der Waals surface area contributed by atoms with Gasteiger partial charge in [-0.3, -0.25) is 14.4 Å². The van der Waals surface area contributed by atoms with E-state index in [1.165, 1.54) is 7.11 Å². The lowest BCUT2D eigenvalue weighted by Gasteiger charge is -2.28. The molecule has 1 fully saturated rings. The van der Waals surface area contributed by atoms with Crippen molar-refractivity contribution in [3.63, 3.8) is 0 Å². The van der Waals surface area contributed by atoms with E-state index >= 15 is 0 Å². The molecule has 2 unspecified atom stereocenters. The van der Waals surface area contributed by atoms with Crippen LogP contribution in [0.5, 0.6) is 11.5 Å². The summed E-state index contributed by atoms with van der Waals surface area (Å²) < 4.78 is 10.5. The molecule has 182 valence electrons. The number of aryl methyl sites for hydroxylation is 1. The van der Waals surface area contributed by atoms with Crippen molar-refractivity contribution in [1.82, 2.24) is 10.2 Å². The van der Waals surface area contributed by atoms with Gasteiger partial charge in [-0.1, -0.05) is 31.5 Å². The van der Waals surface area contributed by atoms with Gasteiger partial charge in [0.1, 0.15) is 11.5 Å². The second kappa shape index (κ2) is 11.5. The Hall–Kier alpha value is -3.55. The summed E-state index contributed by atoms with van der Waals surface area (Å²) in [6.45, 7) is 4.36. The van der Waals surface area contributed by atoms with Crippen LogP contribution in [-0.2, 0) is 14.4 Å². The Morgan fingerprint density at radius 3 is 2.47 bits per heavy atom. The largest absolute Gasteiger partial charge is 0.497 e. The highest BCUT2D eigenvalue weighted by molar-refractivity contribution is 5.97. The molecule has 8 heteroatoms. The number of methoxy groups -OCH3 is 2. The molecule has 2 atom stereocenters. The van der Waals surface area contributed by atoms with Crippen LogP contribution in [0.4, 0.5) is 5.69 Å². The summed E-state index contributed by atoms with van der Waals surface area (Å²) in [5, 5.41) is 5.50. The van der Waals surface area contributed by atoms with Crippen molar-refractivity contribution in [2.75, 3.05) is 32.6 Å². The quantitative estimate of drug-likeness (QED) is 0.558. The molecular weight excluding hydrogens is 434 g/mol. The number of nitrogens with one attached hydrogen (secondary N) is 2. The molecule has 1 heterocycles. The van der Waals surface area contributed by atoms with Crippen molar-refractivity contribution < 1.29 is 23.9 Å². The maximum absolute atomic E-state index is 13.1. The molecule has 1 saturated heterocycles. The molecule has 3 amide bonds. The first-order chi connectivity index (χ1) is 16.4. The zero-order chi connectivity index (χ0) is 24.7. The standard InChI is InChI=1S/C26H33N3O5/c1-5-6-13-29-24(31)15-20(25(29)18-8-10-19(33-3)11-9-18)26(32)27-16-23(30)28-21-14-17(2)7-12-22(21)34-4/h7-12,14,20,25H,5-6,13,15-16H2,1-4H3,(H,27,32)(H,28,30). The summed E-state index contributed by atoms with van der Waals surface area (Å²) in [6, 6.07) is 12.5. The molecule has 3 rings (SSSR count). The Bertz CT molecular complexity index is 1020. The molecule has 2 aromatic carbocycles. The van der Waals surface area contributed by atoms with Crippen LogP contribution in [0.3, 0.4) is 0 Å². The van der Waals surface area contributed by atoms with Gasteiger partial charge < -0.3 is 25.0 Å². The van der Waals surface area contributed by atoms with Crippen LogP contribution < -0.4 is 20.1 Å². The highest BCUT2D eigenvalue weighted by atomic mass is 16.5. The van der Waals surface area contributed by atoms with Gasteiger partial charge in [-0.15, -0.1) is 0 Å². The number of ether oxygens (including phenoxy) is 2. The van der Waals surface area contributed by atoms with Crippen LogP contribution in [0.2, 0.25) is 0 Å². The summed E-state index contributed by atoms with van der Waals surface area (Å²) in [4.78, 5) is 40.3. The number of amides is 3. The minimum absolute atomic E-state index is 0.0524. The van der Waals surface area contributed by atoms with Crippen LogP contribution >= 0.6 is 0 Å². The molecule has 0 aromatic heterocycles. The summed E-state index contributed by atoms with van der Waals surface area (Å²) in [7, 11) is 3.12. The van der Waals surface area contributed by atoms with Crippen LogP contribution in [0.15, 0.2) is 42.5 Å². The van der Waals surface area contributed by atoms with E-state index < -0.39 is 5.92 Å². The Morgan fingerprint density at radius 2 is 1.82 bits per heavy atom. The van der Waals surface area contributed by atoms with Crippen molar-refractivity contribution in [3.05, 3.63) is 53.6 Å². The lowest BCUT2D eigenvalue weighted by Crippen LogP contribution is -2.39. The highest BCUT2D eigenvalue weighted by Gasteiger charge is 2.44. The number of nitrogens with zero attached hydrogens (tertiary/aromatic N) is 1. The normalized spacial score (nSPS) is 17.4. The molecule has 0 spiro atoms. The second-order valence-corrected chi connectivity index (χ2v) is 8.44. The van der Waals surface area contributed by atoms with E-state index in [4.69, 9.17) is 9.47 Å². The molecule has 0 saturated carbocycles. The van der Waals surface area contributed by atoms with Gasteiger partial charge in [0.05, 0.1) is 38.4 Å². The average Bonchev–Trinajstić information content (AvgIpc) is 3.17. The number of hydrogen-bond donors (Lipinski definition) is 2. The third-order valence-corrected chi connectivity index (χ3v) is 6.03. The van der Waals surface area contributed by atoms with Gasteiger partial charge >= 0.3 is 0 Å². The van der Waals surface area contributed by atoms with Gasteiger partial charge in [-0.05, 0) is 48.7 Å². The van der Waals surface area contributed by atoms with Crippen LogP contribution in [0, 0.1) is 12.8 Å². The Morgan fingerprint density at radius 1 is 1.09 bits per heavy atom. The van der Waals surface area contributed by atoms with E-state index in [9.17, 15) is 14.4 Å². The number of benzene rings is 2. The lowest BCUT2D eigenvalue weighted by molar-refractivity contribution is -0.129. The van der Waals surface area contributed by atoms with E-state index in [1.54, 1.807) is 24.1 Å². The first-order valence-electron chi connectivity index (χ1n) is 11.5. The molecule has 8 nitrogen and oxygen atoms in total. The molecule has 34 heavy (non-hydrogen) atoms. The molecule has 0 aliphatic carbocycles. The Labute approximate surface area is 200 Å². The molecular formula is C26H33N3O5. The molecule has 2 N–H and O–H groups in total. The average molecular weight is 468 g/mol. The predicted octanol–water partition coefficient (Wildman–Crippen LogP) is 3.46. The van der Waals surface area contributed by atoms with Crippen LogP contribution in [-0.4, -0.2) is 49.9 Å². The van der Waals surface area contributed by atoms with Gasteiger partial charge in [0.15, 0.2) is 0 Å². The van der Waals surface area contributed by atoms with E-state index in [1.807, 2.05) is 37.3 Å². The van der Waals surface area contributed by atoms with Crippen molar-refractivity contribution in [3.8, 4) is 11.5 Å². The summed E-state index contributed by atoms with van der Waals surface area (Å²) in [5.74, 6) is -0.0809. The monoisotopic (exact) mass is 467 g/mol. The number of unbranched alkanes of at least 4 members (excludes halogenated alkanes) is 1. The van der Waals surface area contributed by atoms with E-state index in [-0.39, 0.29) is 36.7 Å². The van der Waals surface area contributed by atoms with E-state index in [0.29, 0.717) is 23.7 Å². The van der Waals surface area contributed by atoms with Gasteiger partial charge in [-0.2, -0.15) is 0 Å². The number of anilines is 1. The number of hydrogen-bond acceptors (Lipinski definition) is 5. The molecule has 1 aliphatic heterocycles. The van der Waals surface area contributed by atoms with Crippen LogP contribution in [0.1, 0.15) is 43.4 Å². The predicted molar refractivity (Wildman–Crippen MR) is 130 cm³/mol. The Kier molecular flexibility index (Phi) is 8.51.